The number of anilines is 1. The number of rotatable bonds is 7. The summed E-state index contributed by atoms with van der Waals surface area (Å²) in [6.45, 7) is 5.58. The highest BCUT2D eigenvalue weighted by atomic mass is 32.1. The first-order chi connectivity index (χ1) is 12.3. The van der Waals surface area contributed by atoms with Crippen LogP contribution in [-0.2, 0) is 4.79 Å². The van der Waals surface area contributed by atoms with Gasteiger partial charge in [0.2, 0.25) is 5.91 Å². The predicted octanol–water partition coefficient (Wildman–Crippen LogP) is 2.86. The van der Waals surface area contributed by atoms with Crippen LogP contribution in [-0.4, -0.2) is 37.1 Å². The van der Waals surface area contributed by atoms with Crippen molar-refractivity contribution in [2.45, 2.75) is 26.8 Å². The molecule has 2 aromatic rings. The summed E-state index contributed by atoms with van der Waals surface area (Å²) in [6, 6.07) is 4.16. The lowest BCUT2D eigenvalue weighted by atomic mass is 10.0. The second kappa shape index (κ2) is 8.66. The number of hydrogen-bond donors (Lipinski definition) is 2. The molecule has 2 rings (SSSR count). The zero-order valence-electron chi connectivity index (χ0n) is 15.5. The average molecular weight is 377 g/mol. The zero-order valence-corrected chi connectivity index (χ0v) is 16.3. The quantitative estimate of drug-likeness (QED) is 0.774. The number of carbonyl (C=O) groups is 2. The third-order valence-corrected chi connectivity index (χ3v) is 4.57. The van der Waals surface area contributed by atoms with Gasteiger partial charge >= 0.3 is 0 Å². The molecule has 0 saturated heterocycles. The van der Waals surface area contributed by atoms with Crippen LogP contribution in [0.5, 0.6) is 11.5 Å². The molecule has 0 spiro atoms. The highest BCUT2D eigenvalue weighted by molar-refractivity contribution is 7.13. The van der Waals surface area contributed by atoms with Crippen molar-refractivity contribution in [1.82, 2.24) is 10.3 Å². The van der Waals surface area contributed by atoms with Gasteiger partial charge in [-0.3, -0.25) is 9.59 Å². The fourth-order valence-electron chi connectivity index (χ4n) is 2.29. The van der Waals surface area contributed by atoms with E-state index in [0.717, 1.165) is 5.69 Å². The normalized spacial score (nSPS) is 11.8. The molecule has 8 heteroatoms. The number of aryl methyl sites for hydroxylation is 1. The minimum absolute atomic E-state index is 0.104. The van der Waals surface area contributed by atoms with Crippen LogP contribution >= 0.6 is 11.3 Å². The summed E-state index contributed by atoms with van der Waals surface area (Å²) in [6.07, 6.45) is 0. The van der Waals surface area contributed by atoms with Gasteiger partial charge in [0, 0.05) is 17.0 Å². The predicted molar refractivity (Wildman–Crippen MR) is 101 cm³/mol. The Labute approximate surface area is 156 Å². The number of benzene rings is 1. The maximum atomic E-state index is 12.6. The van der Waals surface area contributed by atoms with Crippen molar-refractivity contribution in [1.29, 1.82) is 0 Å². The number of nitrogens with one attached hydrogen (secondary N) is 2. The van der Waals surface area contributed by atoms with E-state index >= 15 is 0 Å². The van der Waals surface area contributed by atoms with E-state index in [1.54, 1.807) is 18.2 Å². The molecule has 0 radical (unpaired) electrons. The monoisotopic (exact) mass is 377 g/mol. The number of hydrogen-bond acceptors (Lipinski definition) is 6. The topological polar surface area (TPSA) is 89.5 Å². The Balaban J connectivity index is 2.16. The molecule has 0 bridgehead atoms. The van der Waals surface area contributed by atoms with Crippen LogP contribution in [0.4, 0.5) is 5.13 Å². The number of aromatic nitrogens is 1. The lowest BCUT2D eigenvalue weighted by Crippen LogP contribution is -2.47. The smallest absolute Gasteiger partial charge is 0.252 e. The largest absolute Gasteiger partial charge is 0.497 e. The molecule has 1 aromatic heterocycles. The van der Waals surface area contributed by atoms with Crippen molar-refractivity contribution in [3.63, 3.8) is 0 Å². The molecular formula is C18H23N3O4S. The van der Waals surface area contributed by atoms with Crippen LogP contribution in [0.3, 0.4) is 0 Å². The van der Waals surface area contributed by atoms with Gasteiger partial charge in [-0.2, -0.15) is 0 Å². The summed E-state index contributed by atoms with van der Waals surface area (Å²) in [4.78, 5) is 29.4. The van der Waals surface area contributed by atoms with Crippen LogP contribution in [0.15, 0.2) is 23.6 Å². The Morgan fingerprint density at radius 3 is 2.19 bits per heavy atom. The van der Waals surface area contributed by atoms with Crippen LogP contribution in [0.25, 0.3) is 0 Å². The Bertz CT molecular complexity index is 766. The Kier molecular flexibility index (Phi) is 6.57. The number of amides is 2. The molecule has 1 unspecified atom stereocenters. The highest BCUT2D eigenvalue weighted by Crippen LogP contribution is 2.23. The third kappa shape index (κ3) is 4.95. The van der Waals surface area contributed by atoms with Gasteiger partial charge in [0.1, 0.15) is 17.5 Å². The van der Waals surface area contributed by atoms with E-state index in [2.05, 4.69) is 15.6 Å². The molecule has 0 aliphatic rings. The molecule has 2 N–H and O–H groups in total. The fraction of sp³-hybridized carbons (Fsp3) is 0.389. The van der Waals surface area contributed by atoms with E-state index in [-0.39, 0.29) is 17.7 Å². The van der Waals surface area contributed by atoms with E-state index < -0.39 is 6.04 Å². The summed E-state index contributed by atoms with van der Waals surface area (Å²) in [5.74, 6) is 0.202. The standard InChI is InChI=1S/C18H23N3O4S/c1-10(2)15(17(23)21-18-19-11(3)9-26-18)20-16(22)12-6-13(24-4)8-14(7-12)25-5/h6-10,15H,1-5H3,(H,20,22)(H,19,21,23). The molecular weight excluding hydrogens is 354 g/mol. The third-order valence-electron chi connectivity index (χ3n) is 3.70. The van der Waals surface area contributed by atoms with Crippen molar-refractivity contribution in [2.75, 3.05) is 19.5 Å². The summed E-state index contributed by atoms with van der Waals surface area (Å²) < 4.78 is 10.4. The molecule has 1 aromatic carbocycles. The molecule has 2 amide bonds. The first-order valence-electron chi connectivity index (χ1n) is 8.11. The molecule has 0 saturated carbocycles. The van der Waals surface area contributed by atoms with Crippen molar-refractivity contribution in [3.05, 3.63) is 34.8 Å². The van der Waals surface area contributed by atoms with Gasteiger partial charge in [-0.05, 0) is 25.0 Å². The first kappa shape index (κ1) is 19.7. The fourth-order valence-corrected chi connectivity index (χ4v) is 2.98. The van der Waals surface area contributed by atoms with Gasteiger partial charge in [0.25, 0.3) is 5.91 Å². The van der Waals surface area contributed by atoms with Gasteiger partial charge in [0.15, 0.2) is 5.13 Å². The van der Waals surface area contributed by atoms with E-state index in [1.807, 2.05) is 26.2 Å². The lowest BCUT2D eigenvalue weighted by molar-refractivity contribution is -0.118. The van der Waals surface area contributed by atoms with Crippen LogP contribution in [0, 0.1) is 12.8 Å². The Hall–Kier alpha value is -2.61. The van der Waals surface area contributed by atoms with Crippen molar-refractivity contribution < 1.29 is 19.1 Å². The summed E-state index contributed by atoms with van der Waals surface area (Å²) in [7, 11) is 3.02. The minimum atomic E-state index is -0.705. The van der Waals surface area contributed by atoms with Crippen LogP contribution in [0.1, 0.15) is 29.9 Å². The maximum absolute atomic E-state index is 12.6. The lowest BCUT2D eigenvalue weighted by Gasteiger charge is -2.21. The number of methoxy groups -OCH3 is 2. The molecule has 140 valence electrons. The SMILES string of the molecule is COc1cc(OC)cc(C(=O)NC(C(=O)Nc2nc(C)cs2)C(C)C)c1. The minimum Gasteiger partial charge on any atom is -0.497 e. The van der Waals surface area contributed by atoms with Crippen molar-refractivity contribution in [2.24, 2.45) is 5.92 Å². The first-order valence-corrected chi connectivity index (χ1v) is 8.99. The molecule has 1 atom stereocenters. The van der Waals surface area contributed by atoms with Crippen LogP contribution < -0.4 is 20.1 Å². The molecule has 0 aliphatic heterocycles. The van der Waals surface area contributed by atoms with E-state index in [4.69, 9.17) is 9.47 Å². The van der Waals surface area contributed by atoms with Gasteiger partial charge in [0.05, 0.1) is 19.9 Å². The van der Waals surface area contributed by atoms with E-state index in [0.29, 0.717) is 22.2 Å². The van der Waals surface area contributed by atoms with Gasteiger partial charge in [-0.25, -0.2) is 4.98 Å². The van der Waals surface area contributed by atoms with Crippen molar-refractivity contribution >= 4 is 28.3 Å². The molecule has 1 heterocycles. The molecule has 7 nitrogen and oxygen atoms in total. The molecule has 0 fully saturated rings. The second-order valence-corrected chi connectivity index (χ2v) is 6.94. The second-order valence-electron chi connectivity index (χ2n) is 6.08. The van der Waals surface area contributed by atoms with E-state index in [1.165, 1.54) is 25.6 Å². The Morgan fingerprint density at radius 2 is 1.73 bits per heavy atom. The number of carbonyl (C=O) groups excluding carboxylic acids is 2. The number of thiazole rings is 1. The van der Waals surface area contributed by atoms with Gasteiger partial charge in [-0.15, -0.1) is 11.3 Å². The summed E-state index contributed by atoms with van der Waals surface area (Å²) >= 11 is 1.34. The Morgan fingerprint density at radius 1 is 1.12 bits per heavy atom. The molecule has 26 heavy (non-hydrogen) atoms. The molecule has 0 aliphatic carbocycles. The highest BCUT2D eigenvalue weighted by Gasteiger charge is 2.26. The maximum Gasteiger partial charge on any atom is 0.252 e. The number of ether oxygens (including phenoxy) is 2. The number of nitrogens with zero attached hydrogens (tertiary/aromatic N) is 1. The summed E-state index contributed by atoms with van der Waals surface area (Å²) in [5.41, 5.74) is 1.18. The average Bonchev–Trinajstić information content (AvgIpc) is 3.03. The van der Waals surface area contributed by atoms with E-state index in [9.17, 15) is 9.59 Å². The van der Waals surface area contributed by atoms with Gasteiger partial charge in [-0.1, -0.05) is 13.8 Å². The van der Waals surface area contributed by atoms with Crippen LogP contribution in [0.2, 0.25) is 0 Å². The zero-order chi connectivity index (χ0) is 19.3. The van der Waals surface area contributed by atoms with Crippen molar-refractivity contribution in [3.8, 4) is 11.5 Å². The summed E-state index contributed by atoms with van der Waals surface area (Å²) in [5, 5.41) is 7.89. The van der Waals surface area contributed by atoms with Gasteiger partial charge < -0.3 is 20.1 Å².